The Hall–Kier alpha value is -4.60. The molecule has 0 radical (unpaired) electrons. The minimum atomic E-state index is -0.967. The number of aliphatic hydroxyl groups is 1. The maximum Gasteiger partial charge on any atom is 0.466 e. The van der Waals surface area contributed by atoms with Gasteiger partial charge in [-0.05, 0) is 18.1 Å². The number of hydrogen-bond donors (Lipinski definition) is 2. The Morgan fingerprint density at radius 1 is 1.14 bits per heavy atom. The van der Waals surface area contributed by atoms with Crippen molar-refractivity contribution in [3.05, 3.63) is 96.8 Å². The van der Waals surface area contributed by atoms with Gasteiger partial charge in [-0.3, -0.25) is 19.7 Å². The molecule has 3 aromatic rings. The van der Waals surface area contributed by atoms with Gasteiger partial charge in [-0.15, -0.1) is 0 Å². The summed E-state index contributed by atoms with van der Waals surface area (Å²) in [5, 5.41) is 33.8. The number of benzene rings is 2. The van der Waals surface area contributed by atoms with Crippen LogP contribution < -0.4 is 10.1 Å². The zero-order valence-corrected chi connectivity index (χ0v) is 20.6. The molecule has 0 saturated heterocycles. The molecule has 1 atom stereocenters. The Kier molecular flexibility index (Phi) is 5.74. The molecular formula is C27H26N4O6+2. The van der Waals surface area contributed by atoms with Crippen molar-refractivity contribution in [1.29, 1.82) is 0 Å². The van der Waals surface area contributed by atoms with Gasteiger partial charge in [0.25, 0.3) is 11.2 Å². The van der Waals surface area contributed by atoms with E-state index >= 15 is 0 Å². The Bertz CT molecular complexity index is 1630. The first-order chi connectivity index (χ1) is 17.7. The van der Waals surface area contributed by atoms with Crippen molar-refractivity contribution in [2.75, 3.05) is 0 Å². The summed E-state index contributed by atoms with van der Waals surface area (Å²) in [7, 11) is 2.97. The third kappa shape index (κ3) is 3.47. The van der Waals surface area contributed by atoms with E-state index in [1.54, 1.807) is 37.4 Å². The largest absolute Gasteiger partial charge is 0.466 e. The number of nitro groups is 1. The number of Topliss-reactive ketones (excluding diaryl/α,β-unsaturated/α-hetero) is 1. The normalized spacial score (nSPS) is 17.4. The fourth-order valence-corrected chi connectivity index (χ4v) is 5.28. The number of ketones is 1. The molecule has 1 unspecified atom stereocenters. The standard InChI is InChI=1S/C27H24N4O6/c1-4-5-13-19(32)30-23-17-11-6-7-12-18(17)24(33)21(23)20(15-9-8-10-16(14-15)31(36)37)22-25(30)28(2)27(35)29(3)26(22)34/h6-12,14,20H,4-5,13H2,1-3H3/p+2. The highest BCUT2D eigenvalue weighted by atomic mass is 16.6. The summed E-state index contributed by atoms with van der Waals surface area (Å²) in [6.07, 6.45) is 1.74. The van der Waals surface area contributed by atoms with Crippen molar-refractivity contribution < 1.29 is 29.1 Å². The van der Waals surface area contributed by atoms with E-state index in [9.17, 15) is 29.9 Å². The van der Waals surface area contributed by atoms with Gasteiger partial charge in [0.2, 0.25) is 5.70 Å². The number of aliphatic hydroxyl groups excluding tert-OH is 1. The van der Waals surface area contributed by atoms with Crippen molar-refractivity contribution in [3.8, 4) is 6.01 Å². The average molecular weight is 503 g/mol. The summed E-state index contributed by atoms with van der Waals surface area (Å²) in [6, 6.07) is 12.5. The zero-order valence-electron chi connectivity index (χ0n) is 20.6. The maximum absolute atomic E-state index is 13.9. The number of hydrogen-bond acceptors (Lipinski definition) is 5. The number of unbranched alkanes of at least 4 members (excludes halogenated alkanes) is 1. The molecule has 2 aromatic carbocycles. The number of carbonyl (C=O) groups excluding carboxylic acids is 1. The molecule has 2 heterocycles. The van der Waals surface area contributed by atoms with E-state index in [0.717, 1.165) is 11.0 Å². The summed E-state index contributed by atoms with van der Waals surface area (Å²) in [5.41, 5.74) is 1.40. The van der Waals surface area contributed by atoms with Gasteiger partial charge in [0, 0.05) is 24.7 Å². The van der Waals surface area contributed by atoms with E-state index in [4.69, 9.17) is 0 Å². The Morgan fingerprint density at radius 2 is 1.84 bits per heavy atom. The highest BCUT2D eigenvalue weighted by molar-refractivity contribution is 6.21. The smallest absolute Gasteiger partial charge is 0.463 e. The number of carbonyl (C=O) groups is 1. The molecule has 1 aliphatic heterocycles. The van der Waals surface area contributed by atoms with Gasteiger partial charge in [-0.2, -0.15) is 0 Å². The highest BCUT2D eigenvalue weighted by Crippen LogP contribution is 2.50. The summed E-state index contributed by atoms with van der Waals surface area (Å²) < 4.78 is 3.93. The average Bonchev–Trinajstić information content (AvgIpc) is 3.20. The van der Waals surface area contributed by atoms with Crippen LogP contribution in [0.5, 0.6) is 6.01 Å². The van der Waals surface area contributed by atoms with Crippen molar-refractivity contribution in [2.45, 2.75) is 32.1 Å². The third-order valence-electron chi connectivity index (χ3n) is 7.06. The first-order valence-electron chi connectivity index (χ1n) is 12.0. The molecular weight excluding hydrogens is 476 g/mol. The number of non-ortho nitro benzene ring substituents is 1. The molecule has 10 nitrogen and oxygen atoms in total. The molecule has 0 amide bonds. The Balaban J connectivity index is 1.97. The molecule has 0 saturated carbocycles. The molecule has 5 rings (SSSR count). The fourth-order valence-electron chi connectivity index (χ4n) is 5.28. The van der Waals surface area contributed by atoms with Crippen LogP contribution >= 0.6 is 0 Å². The van der Waals surface area contributed by atoms with Gasteiger partial charge >= 0.3 is 17.7 Å². The van der Waals surface area contributed by atoms with Crippen LogP contribution in [0.1, 0.15) is 59.2 Å². The number of aromatic hydroxyl groups is 1. The quantitative estimate of drug-likeness (QED) is 0.238. The summed E-state index contributed by atoms with van der Waals surface area (Å²) >= 11 is 0. The highest BCUT2D eigenvalue weighted by Gasteiger charge is 2.55. The maximum atomic E-state index is 13.9. The van der Waals surface area contributed by atoms with Gasteiger partial charge < -0.3 is 10.2 Å². The van der Waals surface area contributed by atoms with Crippen LogP contribution in [0.25, 0.3) is 5.70 Å². The molecule has 0 fully saturated rings. The second-order valence-electron chi connectivity index (χ2n) is 9.24. The third-order valence-corrected chi connectivity index (χ3v) is 7.06. The predicted molar refractivity (Wildman–Crippen MR) is 134 cm³/mol. The Labute approximate surface area is 211 Å². The summed E-state index contributed by atoms with van der Waals surface area (Å²) in [6.45, 7) is 1.98. The van der Waals surface area contributed by atoms with Gasteiger partial charge in [-0.1, -0.05) is 52.8 Å². The van der Waals surface area contributed by atoms with Crippen LogP contribution in [0.3, 0.4) is 0 Å². The van der Waals surface area contributed by atoms with Gasteiger partial charge in [0.1, 0.15) is 0 Å². The van der Waals surface area contributed by atoms with Crippen molar-refractivity contribution in [3.63, 3.8) is 0 Å². The lowest BCUT2D eigenvalue weighted by Gasteiger charge is -2.22. The number of nitro benzene ring substituents is 1. The van der Waals surface area contributed by atoms with Crippen molar-refractivity contribution >= 4 is 28.9 Å². The SMILES string of the molecule is CCCC/C(O)=[N+]1\C2=C(C(=O)c3ccccc32)C(c2cccc([N+](=O)[O-])c2)c2c1[n+](C)c(O)n(C)c2=O. The molecule has 10 heteroatoms. The first kappa shape index (κ1) is 24.1. The van der Waals surface area contributed by atoms with Crippen LogP contribution in [0.2, 0.25) is 0 Å². The second-order valence-corrected chi connectivity index (χ2v) is 9.24. The van der Waals surface area contributed by atoms with E-state index in [-0.39, 0.29) is 46.8 Å². The lowest BCUT2D eigenvalue weighted by Crippen LogP contribution is -2.46. The summed E-state index contributed by atoms with van der Waals surface area (Å²) in [5.74, 6) is -1.15. The second kappa shape index (κ2) is 8.81. The van der Waals surface area contributed by atoms with Crippen molar-refractivity contribution in [2.24, 2.45) is 14.1 Å². The van der Waals surface area contributed by atoms with Crippen LogP contribution in [0, 0.1) is 10.1 Å². The van der Waals surface area contributed by atoms with E-state index in [2.05, 4.69) is 0 Å². The minimum absolute atomic E-state index is 0.0687. The lowest BCUT2D eigenvalue weighted by atomic mass is 9.81. The summed E-state index contributed by atoms with van der Waals surface area (Å²) in [4.78, 5) is 38.7. The monoisotopic (exact) mass is 502 g/mol. The molecule has 2 N–H and O–H groups in total. The fraction of sp³-hybridized carbons (Fsp3) is 0.259. The van der Waals surface area contributed by atoms with Gasteiger partial charge in [0.15, 0.2) is 18.4 Å². The number of aromatic nitrogens is 2. The zero-order chi connectivity index (χ0) is 26.6. The molecule has 0 spiro atoms. The van der Waals surface area contributed by atoms with Crippen LogP contribution in [-0.2, 0) is 14.1 Å². The van der Waals surface area contributed by atoms with Crippen LogP contribution in [0.15, 0.2) is 58.9 Å². The number of nitrogens with zero attached hydrogens (tertiary/aromatic N) is 4. The van der Waals surface area contributed by atoms with E-state index in [1.807, 2.05) is 6.92 Å². The minimum Gasteiger partial charge on any atom is -0.463 e. The number of fused-ring (bicyclic) bond motifs is 3. The van der Waals surface area contributed by atoms with Crippen molar-refractivity contribution in [1.82, 2.24) is 4.57 Å². The van der Waals surface area contributed by atoms with Crippen LogP contribution in [-0.4, -0.2) is 36.0 Å². The molecule has 188 valence electrons. The molecule has 2 aliphatic rings. The molecule has 0 bridgehead atoms. The lowest BCUT2D eigenvalue weighted by molar-refractivity contribution is -0.719. The van der Waals surface area contributed by atoms with E-state index in [0.29, 0.717) is 28.8 Å². The molecule has 1 aromatic heterocycles. The molecule has 1 aliphatic carbocycles. The van der Waals surface area contributed by atoms with Crippen LogP contribution in [0.4, 0.5) is 11.5 Å². The first-order valence-corrected chi connectivity index (χ1v) is 12.0. The van der Waals surface area contributed by atoms with Gasteiger partial charge in [0.05, 0.1) is 28.4 Å². The Morgan fingerprint density at radius 3 is 2.51 bits per heavy atom. The van der Waals surface area contributed by atoms with E-state index < -0.39 is 16.4 Å². The van der Waals surface area contributed by atoms with Gasteiger partial charge in [-0.25, -0.2) is 4.57 Å². The topological polar surface area (TPSA) is 130 Å². The number of rotatable bonds is 5. The van der Waals surface area contributed by atoms with E-state index in [1.165, 1.54) is 34.4 Å². The number of allylic oxidation sites excluding steroid dienone is 1. The predicted octanol–water partition coefficient (Wildman–Crippen LogP) is 3.37. The molecule has 37 heavy (non-hydrogen) atoms.